The molecule has 1 aromatic heterocycles. The summed E-state index contributed by atoms with van der Waals surface area (Å²) in [5, 5.41) is 3.01. The summed E-state index contributed by atoms with van der Waals surface area (Å²) in [6.07, 6.45) is 3.57. The Morgan fingerprint density at radius 3 is 2.20 bits per heavy atom. The number of nitrogens with zero attached hydrogens (tertiary/aromatic N) is 4. The van der Waals surface area contributed by atoms with Gasteiger partial charge in [0.2, 0.25) is 21.9 Å². The van der Waals surface area contributed by atoms with Crippen LogP contribution in [-0.4, -0.2) is 66.2 Å². The summed E-state index contributed by atoms with van der Waals surface area (Å²) in [7, 11) is -3.56. The first-order chi connectivity index (χ1) is 14.2. The summed E-state index contributed by atoms with van der Waals surface area (Å²) in [5.41, 5.74) is 1.06. The van der Waals surface area contributed by atoms with Gasteiger partial charge in [-0.25, -0.2) is 18.4 Å². The van der Waals surface area contributed by atoms with Gasteiger partial charge in [0.05, 0.1) is 4.90 Å². The van der Waals surface area contributed by atoms with E-state index >= 15 is 0 Å². The van der Waals surface area contributed by atoms with Gasteiger partial charge in [-0.3, -0.25) is 4.79 Å². The molecule has 0 spiro atoms. The molecule has 8 nitrogen and oxygen atoms in total. The van der Waals surface area contributed by atoms with Crippen molar-refractivity contribution in [2.45, 2.75) is 37.5 Å². The van der Waals surface area contributed by atoms with Gasteiger partial charge in [0.1, 0.15) is 0 Å². The molecule has 162 valence electrons. The maximum Gasteiger partial charge on any atom is 0.243 e. The number of hydrogen-bond acceptors (Lipinski definition) is 6. The van der Waals surface area contributed by atoms with Gasteiger partial charge in [-0.15, -0.1) is 0 Å². The fourth-order valence-electron chi connectivity index (χ4n) is 3.28. The molecule has 30 heavy (non-hydrogen) atoms. The van der Waals surface area contributed by atoms with Gasteiger partial charge in [-0.1, -0.05) is 32.9 Å². The molecule has 0 saturated carbocycles. The van der Waals surface area contributed by atoms with Crippen LogP contribution in [0.3, 0.4) is 0 Å². The third-order valence-corrected chi connectivity index (χ3v) is 7.05. The molecule has 1 aliphatic rings. The number of nitrogens with one attached hydrogen (secondary N) is 1. The summed E-state index contributed by atoms with van der Waals surface area (Å²) in [6, 6.07) is 8.81. The van der Waals surface area contributed by atoms with Gasteiger partial charge in [0.25, 0.3) is 0 Å². The minimum absolute atomic E-state index is 0.00925. The number of carbonyl (C=O) groups is 1. The van der Waals surface area contributed by atoms with Gasteiger partial charge in [0, 0.05) is 51.5 Å². The molecule has 1 aromatic carbocycles. The molecule has 9 heteroatoms. The maximum absolute atomic E-state index is 13.0. The van der Waals surface area contributed by atoms with Gasteiger partial charge in [-0.2, -0.15) is 4.31 Å². The first-order valence-electron chi connectivity index (χ1n) is 10.1. The van der Waals surface area contributed by atoms with E-state index in [1.807, 2.05) is 12.1 Å². The van der Waals surface area contributed by atoms with Crippen molar-refractivity contribution in [1.82, 2.24) is 19.2 Å². The van der Waals surface area contributed by atoms with Crippen LogP contribution in [0.15, 0.2) is 47.6 Å². The molecule has 0 radical (unpaired) electrons. The number of sulfonamides is 1. The number of benzene rings is 1. The van der Waals surface area contributed by atoms with E-state index in [4.69, 9.17) is 0 Å². The average molecular weight is 432 g/mol. The topological polar surface area (TPSA) is 95.5 Å². The zero-order chi connectivity index (χ0) is 21.8. The Morgan fingerprint density at radius 2 is 1.63 bits per heavy atom. The van der Waals surface area contributed by atoms with Crippen LogP contribution in [-0.2, 0) is 20.2 Å². The Kier molecular flexibility index (Phi) is 6.72. The highest BCUT2D eigenvalue weighted by Gasteiger charge is 2.30. The van der Waals surface area contributed by atoms with Crippen molar-refractivity contribution in [3.8, 4) is 0 Å². The molecule has 0 unspecified atom stereocenters. The van der Waals surface area contributed by atoms with Gasteiger partial charge in [0.15, 0.2) is 0 Å². The molecule has 1 N–H and O–H groups in total. The van der Waals surface area contributed by atoms with Crippen LogP contribution in [0.2, 0.25) is 0 Å². The van der Waals surface area contributed by atoms with Crippen LogP contribution < -0.4 is 5.32 Å². The average Bonchev–Trinajstić information content (AvgIpc) is 2.74. The molecule has 0 aliphatic carbocycles. The van der Waals surface area contributed by atoms with E-state index < -0.39 is 10.0 Å². The van der Waals surface area contributed by atoms with Crippen molar-refractivity contribution in [2.75, 3.05) is 38.0 Å². The summed E-state index contributed by atoms with van der Waals surface area (Å²) in [4.78, 5) is 22.5. The van der Waals surface area contributed by atoms with Crippen LogP contribution >= 0.6 is 0 Å². The molecule has 0 bridgehead atoms. The maximum atomic E-state index is 13.0. The lowest BCUT2D eigenvalue weighted by molar-refractivity contribution is -0.132. The zero-order valence-corrected chi connectivity index (χ0v) is 18.5. The fourth-order valence-corrected chi connectivity index (χ4v) is 4.71. The van der Waals surface area contributed by atoms with Crippen molar-refractivity contribution in [3.63, 3.8) is 0 Å². The Morgan fingerprint density at radius 1 is 1.03 bits per heavy atom. The van der Waals surface area contributed by atoms with Crippen LogP contribution in [0.5, 0.6) is 0 Å². The minimum atomic E-state index is -3.56. The third-order valence-electron chi connectivity index (χ3n) is 5.14. The standard InChI is InChI=1S/C21H29N5O3S/c1-21(2,3)17-5-7-18(8-6-17)30(28,29)26-15-13-25(14-16-26)19(27)9-12-24-20-22-10-4-11-23-20/h4-8,10-11H,9,12-16H2,1-3H3,(H,22,23,24). The Labute approximate surface area is 178 Å². The SMILES string of the molecule is CC(C)(C)c1ccc(S(=O)(=O)N2CCN(C(=O)CCNc3ncccn3)CC2)cc1. The quantitative estimate of drug-likeness (QED) is 0.753. The number of piperazine rings is 1. The Hall–Kier alpha value is -2.52. The Balaban J connectivity index is 1.52. The highest BCUT2D eigenvalue weighted by atomic mass is 32.2. The zero-order valence-electron chi connectivity index (χ0n) is 17.7. The van der Waals surface area contributed by atoms with Crippen LogP contribution in [0, 0.1) is 0 Å². The van der Waals surface area contributed by atoms with Crippen molar-refractivity contribution >= 4 is 21.9 Å². The molecule has 2 heterocycles. The van der Waals surface area contributed by atoms with E-state index in [9.17, 15) is 13.2 Å². The Bertz CT molecular complexity index is 948. The second-order valence-corrected chi connectivity index (χ2v) is 10.2. The highest BCUT2D eigenvalue weighted by Crippen LogP contribution is 2.25. The molecule has 1 fully saturated rings. The first-order valence-corrected chi connectivity index (χ1v) is 11.5. The van der Waals surface area contributed by atoms with Crippen LogP contribution in [0.4, 0.5) is 5.95 Å². The molecule has 1 amide bonds. The largest absolute Gasteiger partial charge is 0.354 e. The van der Waals surface area contributed by atoms with E-state index in [2.05, 4.69) is 36.1 Å². The van der Waals surface area contributed by atoms with Gasteiger partial charge in [-0.05, 0) is 29.2 Å². The number of carbonyl (C=O) groups excluding carboxylic acids is 1. The number of aromatic nitrogens is 2. The van der Waals surface area contributed by atoms with E-state index in [0.717, 1.165) is 5.56 Å². The summed E-state index contributed by atoms with van der Waals surface area (Å²) in [5.74, 6) is 0.476. The molecule has 2 aromatic rings. The highest BCUT2D eigenvalue weighted by molar-refractivity contribution is 7.89. The molecular weight excluding hydrogens is 402 g/mol. The van der Waals surface area contributed by atoms with E-state index in [-0.39, 0.29) is 11.3 Å². The van der Waals surface area contributed by atoms with Crippen molar-refractivity contribution in [1.29, 1.82) is 0 Å². The predicted molar refractivity (Wildman–Crippen MR) is 116 cm³/mol. The van der Waals surface area contributed by atoms with E-state index in [1.54, 1.807) is 35.5 Å². The van der Waals surface area contributed by atoms with Gasteiger partial charge >= 0.3 is 0 Å². The van der Waals surface area contributed by atoms with Crippen molar-refractivity contribution < 1.29 is 13.2 Å². The minimum Gasteiger partial charge on any atom is -0.354 e. The number of anilines is 1. The number of rotatable bonds is 6. The molecule has 0 atom stereocenters. The van der Waals surface area contributed by atoms with Crippen molar-refractivity contribution in [3.05, 3.63) is 48.3 Å². The summed E-state index contributed by atoms with van der Waals surface area (Å²) >= 11 is 0. The number of hydrogen-bond donors (Lipinski definition) is 1. The van der Waals surface area contributed by atoms with E-state index in [1.165, 1.54) is 4.31 Å². The third kappa shape index (κ3) is 5.34. The van der Waals surface area contributed by atoms with Crippen LogP contribution in [0.25, 0.3) is 0 Å². The normalized spacial score (nSPS) is 15.8. The molecule has 1 aliphatic heterocycles. The lowest BCUT2D eigenvalue weighted by Gasteiger charge is -2.34. The number of amides is 1. The molecule has 3 rings (SSSR count). The predicted octanol–water partition coefficient (Wildman–Crippen LogP) is 2.11. The first kappa shape index (κ1) is 22.2. The summed E-state index contributed by atoms with van der Waals surface area (Å²) < 4.78 is 27.4. The lowest BCUT2D eigenvalue weighted by Crippen LogP contribution is -2.50. The summed E-state index contributed by atoms with van der Waals surface area (Å²) in [6.45, 7) is 8.08. The molecule has 1 saturated heterocycles. The van der Waals surface area contributed by atoms with Gasteiger partial charge < -0.3 is 10.2 Å². The lowest BCUT2D eigenvalue weighted by atomic mass is 9.87. The second kappa shape index (κ2) is 9.09. The fraction of sp³-hybridized carbons (Fsp3) is 0.476. The van der Waals surface area contributed by atoms with E-state index in [0.29, 0.717) is 50.0 Å². The van der Waals surface area contributed by atoms with Crippen molar-refractivity contribution in [2.24, 2.45) is 0 Å². The molecular formula is C21H29N5O3S. The second-order valence-electron chi connectivity index (χ2n) is 8.31. The monoisotopic (exact) mass is 431 g/mol. The smallest absolute Gasteiger partial charge is 0.243 e. The van der Waals surface area contributed by atoms with Crippen LogP contribution in [0.1, 0.15) is 32.8 Å².